The van der Waals surface area contributed by atoms with E-state index in [1.807, 2.05) is 55.8 Å². The molecule has 2 aromatic rings. The summed E-state index contributed by atoms with van der Waals surface area (Å²) >= 11 is 1.43. The highest BCUT2D eigenvalue weighted by Crippen LogP contribution is 2.23. The third-order valence-electron chi connectivity index (χ3n) is 3.48. The Morgan fingerprint density at radius 1 is 1.39 bits per heavy atom. The zero-order valence-electron chi connectivity index (χ0n) is 13.8. The molecule has 23 heavy (non-hydrogen) atoms. The SMILES string of the molecule is C=CCn1c(C)nnc1SC(C)C(=O)N(C)Cc1ccccc1. The second kappa shape index (κ2) is 7.97. The van der Waals surface area contributed by atoms with Crippen LogP contribution in [0.25, 0.3) is 0 Å². The fourth-order valence-electron chi connectivity index (χ4n) is 2.24. The molecule has 0 bridgehead atoms. The van der Waals surface area contributed by atoms with E-state index in [1.165, 1.54) is 11.8 Å². The van der Waals surface area contributed by atoms with Crippen molar-refractivity contribution in [1.82, 2.24) is 19.7 Å². The van der Waals surface area contributed by atoms with Gasteiger partial charge in [-0.3, -0.25) is 4.79 Å². The van der Waals surface area contributed by atoms with E-state index in [2.05, 4.69) is 16.8 Å². The lowest BCUT2D eigenvalue weighted by molar-refractivity contribution is -0.129. The lowest BCUT2D eigenvalue weighted by Crippen LogP contribution is -2.33. The minimum absolute atomic E-state index is 0.0738. The molecule has 1 aromatic carbocycles. The molecular weight excluding hydrogens is 308 g/mol. The molecule has 1 atom stereocenters. The van der Waals surface area contributed by atoms with Crippen molar-refractivity contribution in [2.24, 2.45) is 0 Å². The van der Waals surface area contributed by atoms with Crippen LogP contribution in [0.5, 0.6) is 0 Å². The van der Waals surface area contributed by atoms with Gasteiger partial charge in [0.1, 0.15) is 5.82 Å². The van der Waals surface area contributed by atoms with Crippen molar-refractivity contribution in [3.63, 3.8) is 0 Å². The van der Waals surface area contributed by atoms with Crippen LogP contribution in [0.15, 0.2) is 48.1 Å². The molecule has 2 rings (SSSR count). The largest absolute Gasteiger partial charge is 0.340 e. The summed E-state index contributed by atoms with van der Waals surface area (Å²) in [5.41, 5.74) is 1.12. The predicted molar refractivity (Wildman–Crippen MR) is 93.2 cm³/mol. The molecule has 0 aliphatic carbocycles. The Balaban J connectivity index is 2.01. The number of hydrogen-bond donors (Lipinski definition) is 0. The molecule has 1 heterocycles. The molecule has 0 aliphatic rings. The van der Waals surface area contributed by atoms with E-state index in [0.29, 0.717) is 13.1 Å². The highest BCUT2D eigenvalue weighted by molar-refractivity contribution is 8.00. The Labute approximate surface area is 141 Å². The minimum atomic E-state index is -0.226. The Bertz CT molecular complexity index is 668. The van der Waals surface area contributed by atoms with Crippen LogP contribution >= 0.6 is 11.8 Å². The van der Waals surface area contributed by atoms with Crippen LogP contribution in [-0.4, -0.2) is 37.9 Å². The number of nitrogens with zero attached hydrogens (tertiary/aromatic N) is 4. The number of aryl methyl sites for hydroxylation is 1. The van der Waals surface area contributed by atoms with E-state index in [4.69, 9.17) is 0 Å². The topological polar surface area (TPSA) is 51.0 Å². The van der Waals surface area contributed by atoms with Gasteiger partial charge < -0.3 is 9.47 Å². The minimum Gasteiger partial charge on any atom is -0.340 e. The third kappa shape index (κ3) is 4.45. The number of amides is 1. The molecule has 0 radical (unpaired) electrons. The Morgan fingerprint density at radius 2 is 2.09 bits per heavy atom. The second-order valence-electron chi connectivity index (χ2n) is 5.37. The molecule has 0 N–H and O–H groups in total. The smallest absolute Gasteiger partial charge is 0.235 e. The van der Waals surface area contributed by atoms with Crippen molar-refractivity contribution in [1.29, 1.82) is 0 Å². The summed E-state index contributed by atoms with van der Waals surface area (Å²) in [5.74, 6) is 0.898. The summed E-state index contributed by atoms with van der Waals surface area (Å²) in [6.07, 6.45) is 1.80. The highest BCUT2D eigenvalue weighted by Gasteiger charge is 2.21. The molecule has 122 valence electrons. The van der Waals surface area contributed by atoms with Crippen molar-refractivity contribution in [2.75, 3.05) is 7.05 Å². The summed E-state index contributed by atoms with van der Waals surface area (Å²) in [4.78, 5) is 14.3. The maximum absolute atomic E-state index is 12.6. The summed E-state index contributed by atoms with van der Waals surface area (Å²) < 4.78 is 1.96. The van der Waals surface area contributed by atoms with E-state index in [9.17, 15) is 4.79 Å². The summed E-state index contributed by atoms with van der Waals surface area (Å²) in [7, 11) is 1.83. The van der Waals surface area contributed by atoms with Gasteiger partial charge in [0.15, 0.2) is 5.16 Å². The third-order valence-corrected chi connectivity index (χ3v) is 4.55. The number of thioether (sulfide) groups is 1. The van der Waals surface area contributed by atoms with Crippen molar-refractivity contribution in [3.8, 4) is 0 Å². The standard InChI is InChI=1S/C17H22N4OS/c1-5-11-21-14(3)18-19-17(21)23-13(2)16(22)20(4)12-15-9-7-6-8-10-15/h5-10,13H,1,11-12H2,2-4H3. The number of rotatable bonds is 7. The van der Waals surface area contributed by atoms with Crippen molar-refractivity contribution in [3.05, 3.63) is 54.4 Å². The molecule has 0 fully saturated rings. The maximum atomic E-state index is 12.6. The summed E-state index contributed by atoms with van der Waals surface area (Å²) in [6.45, 7) is 8.78. The van der Waals surface area contributed by atoms with Crippen LogP contribution in [0.4, 0.5) is 0 Å². The van der Waals surface area contributed by atoms with Gasteiger partial charge in [-0.05, 0) is 19.4 Å². The Kier molecular flexibility index (Phi) is 5.98. The van der Waals surface area contributed by atoms with Gasteiger partial charge in [0, 0.05) is 20.1 Å². The quantitative estimate of drug-likeness (QED) is 0.578. The van der Waals surface area contributed by atoms with Gasteiger partial charge in [0.25, 0.3) is 0 Å². The van der Waals surface area contributed by atoms with Gasteiger partial charge in [0.2, 0.25) is 5.91 Å². The van der Waals surface area contributed by atoms with E-state index >= 15 is 0 Å². The van der Waals surface area contributed by atoms with E-state index in [-0.39, 0.29) is 11.2 Å². The van der Waals surface area contributed by atoms with E-state index in [0.717, 1.165) is 16.5 Å². The second-order valence-corrected chi connectivity index (χ2v) is 6.68. The fourth-order valence-corrected chi connectivity index (χ4v) is 3.26. The molecule has 1 aromatic heterocycles. The van der Waals surface area contributed by atoms with Gasteiger partial charge >= 0.3 is 0 Å². The predicted octanol–water partition coefficient (Wildman–Crippen LogP) is 2.91. The van der Waals surface area contributed by atoms with Gasteiger partial charge in [-0.15, -0.1) is 16.8 Å². The van der Waals surface area contributed by atoms with Gasteiger partial charge in [-0.2, -0.15) is 0 Å². The molecular formula is C17H22N4OS. The Hall–Kier alpha value is -2.08. The molecule has 5 nitrogen and oxygen atoms in total. The molecule has 0 saturated carbocycles. The number of hydrogen-bond acceptors (Lipinski definition) is 4. The molecule has 0 aliphatic heterocycles. The van der Waals surface area contributed by atoms with Crippen LogP contribution in [-0.2, 0) is 17.9 Å². The van der Waals surface area contributed by atoms with Crippen LogP contribution in [0, 0.1) is 6.92 Å². The molecule has 1 unspecified atom stereocenters. The van der Waals surface area contributed by atoms with Crippen LogP contribution in [0.3, 0.4) is 0 Å². The number of aromatic nitrogens is 3. The fraction of sp³-hybridized carbons (Fsp3) is 0.353. The number of carbonyl (C=O) groups is 1. The van der Waals surface area contributed by atoms with Crippen molar-refractivity contribution < 1.29 is 4.79 Å². The average molecular weight is 330 g/mol. The normalized spacial score (nSPS) is 12.0. The summed E-state index contributed by atoms with van der Waals surface area (Å²) in [5, 5.41) is 8.76. The van der Waals surface area contributed by atoms with Crippen molar-refractivity contribution >= 4 is 17.7 Å². The monoisotopic (exact) mass is 330 g/mol. The lowest BCUT2D eigenvalue weighted by Gasteiger charge is -2.21. The van der Waals surface area contributed by atoms with E-state index in [1.54, 1.807) is 11.0 Å². The van der Waals surface area contributed by atoms with Gasteiger partial charge in [0.05, 0.1) is 5.25 Å². The first-order chi connectivity index (χ1) is 11.0. The molecule has 6 heteroatoms. The average Bonchev–Trinajstić information content (AvgIpc) is 2.88. The van der Waals surface area contributed by atoms with Gasteiger partial charge in [-0.25, -0.2) is 0 Å². The first-order valence-corrected chi connectivity index (χ1v) is 8.37. The number of carbonyl (C=O) groups excluding carboxylic acids is 1. The van der Waals surface area contributed by atoms with Crippen LogP contribution in [0.1, 0.15) is 18.3 Å². The first kappa shape index (κ1) is 17.3. The number of allylic oxidation sites excluding steroid dienone is 1. The lowest BCUT2D eigenvalue weighted by atomic mass is 10.2. The van der Waals surface area contributed by atoms with E-state index < -0.39 is 0 Å². The molecule has 0 saturated heterocycles. The highest BCUT2D eigenvalue weighted by atomic mass is 32.2. The Morgan fingerprint density at radius 3 is 2.74 bits per heavy atom. The molecule has 0 spiro atoms. The first-order valence-electron chi connectivity index (χ1n) is 7.49. The number of benzene rings is 1. The van der Waals surface area contributed by atoms with Crippen LogP contribution < -0.4 is 0 Å². The zero-order chi connectivity index (χ0) is 16.8. The maximum Gasteiger partial charge on any atom is 0.235 e. The zero-order valence-corrected chi connectivity index (χ0v) is 14.6. The van der Waals surface area contributed by atoms with Crippen molar-refractivity contribution in [2.45, 2.75) is 37.3 Å². The molecule has 1 amide bonds. The van der Waals surface area contributed by atoms with Gasteiger partial charge in [-0.1, -0.05) is 48.2 Å². The summed E-state index contributed by atoms with van der Waals surface area (Å²) in [6, 6.07) is 9.97. The van der Waals surface area contributed by atoms with Crippen LogP contribution in [0.2, 0.25) is 0 Å².